The second kappa shape index (κ2) is 6.68. The van der Waals surface area contributed by atoms with Crippen molar-refractivity contribution in [3.63, 3.8) is 0 Å². The minimum Gasteiger partial charge on any atom is -0.468 e. The monoisotopic (exact) mass is 270 g/mol. The highest BCUT2D eigenvalue weighted by Gasteiger charge is 2.40. The predicted molar refractivity (Wildman–Crippen MR) is 73.1 cm³/mol. The predicted octanol–water partition coefficient (Wildman–Crippen LogP) is 0.783. The first-order valence-electron chi connectivity index (χ1n) is 7.30. The zero-order chi connectivity index (χ0) is 13.7. The summed E-state index contributed by atoms with van der Waals surface area (Å²) < 4.78 is 10.7. The summed E-state index contributed by atoms with van der Waals surface area (Å²) in [7, 11) is 3.58. The maximum Gasteiger partial charge on any atom is 0.326 e. The number of esters is 1. The Hall–Kier alpha value is -0.650. The number of ether oxygens (including phenoxy) is 2. The van der Waals surface area contributed by atoms with Gasteiger partial charge in [0.2, 0.25) is 0 Å². The van der Waals surface area contributed by atoms with E-state index in [9.17, 15) is 4.79 Å². The van der Waals surface area contributed by atoms with Gasteiger partial charge in [-0.2, -0.15) is 0 Å². The lowest BCUT2D eigenvalue weighted by Gasteiger charge is -2.32. The van der Waals surface area contributed by atoms with Crippen LogP contribution < -0.4 is 5.32 Å². The normalized spacial score (nSPS) is 33.1. The minimum absolute atomic E-state index is 0.124. The molecule has 0 spiro atoms. The molecule has 2 aliphatic heterocycles. The van der Waals surface area contributed by atoms with Crippen molar-refractivity contribution in [2.75, 3.05) is 40.4 Å². The lowest BCUT2D eigenvalue weighted by atomic mass is 9.90. The largest absolute Gasteiger partial charge is 0.468 e. The Morgan fingerprint density at radius 1 is 1.42 bits per heavy atom. The Morgan fingerprint density at radius 2 is 2.26 bits per heavy atom. The van der Waals surface area contributed by atoms with Crippen LogP contribution in [0.1, 0.15) is 32.1 Å². The number of rotatable bonds is 4. The SMILES string of the molecule is COC(=O)C1(NCC2CCCO2)CCCN(C)CC1. The molecule has 0 bridgehead atoms. The van der Waals surface area contributed by atoms with Gasteiger partial charge in [-0.25, -0.2) is 0 Å². The van der Waals surface area contributed by atoms with E-state index in [0.29, 0.717) is 0 Å². The van der Waals surface area contributed by atoms with E-state index in [4.69, 9.17) is 9.47 Å². The zero-order valence-electron chi connectivity index (χ0n) is 12.1. The van der Waals surface area contributed by atoms with Gasteiger partial charge < -0.3 is 14.4 Å². The standard InChI is InChI=1S/C14H26N2O3/c1-16-8-4-6-14(7-9-16,13(17)18-2)15-11-12-5-3-10-19-12/h12,15H,3-11H2,1-2H3. The van der Waals surface area contributed by atoms with Gasteiger partial charge in [0, 0.05) is 19.7 Å². The van der Waals surface area contributed by atoms with E-state index in [1.165, 1.54) is 7.11 Å². The lowest BCUT2D eigenvalue weighted by molar-refractivity contribution is -0.149. The Bertz CT molecular complexity index is 305. The van der Waals surface area contributed by atoms with Gasteiger partial charge in [0.15, 0.2) is 0 Å². The number of likely N-dealkylation sites (tertiary alicyclic amines) is 1. The second-order valence-electron chi connectivity index (χ2n) is 5.75. The molecule has 1 N–H and O–H groups in total. The van der Waals surface area contributed by atoms with E-state index < -0.39 is 5.54 Å². The van der Waals surface area contributed by atoms with Gasteiger partial charge in [-0.1, -0.05) is 0 Å². The molecular weight excluding hydrogens is 244 g/mol. The first kappa shape index (κ1) is 14.8. The Morgan fingerprint density at radius 3 is 2.95 bits per heavy atom. The highest BCUT2D eigenvalue weighted by atomic mass is 16.5. The summed E-state index contributed by atoms with van der Waals surface area (Å²) in [5.41, 5.74) is -0.522. The molecule has 2 fully saturated rings. The molecule has 2 unspecified atom stereocenters. The molecule has 0 aromatic rings. The van der Waals surface area contributed by atoms with E-state index in [1.807, 2.05) is 0 Å². The van der Waals surface area contributed by atoms with E-state index in [2.05, 4.69) is 17.3 Å². The maximum atomic E-state index is 12.2. The number of carbonyl (C=O) groups is 1. The Kier molecular flexibility index (Phi) is 5.19. The minimum atomic E-state index is -0.522. The number of carbonyl (C=O) groups excluding carboxylic acids is 1. The molecule has 0 aromatic carbocycles. The van der Waals surface area contributed by atoms with E-state index in [0.717, 1.165) is 58.3 Å². The highest BCUT2D eigenvalue weighted by Crippen LogP contribution is 2.24. The summed E-state index contributed by atoms with van der Waals surface area (Å²) in [4.78, 5) is 14.5. The summed E-state index contributed by atoms with van der Waals surface area (Å²) in [5.74, 6) is -0.124. The number of nitrogens with one attached hydrogen (secondary N) is 1. The van der Waals surface area contributed by atoms with Gasteiger partial charge in [0.05, 0.1) is 13.2 Å². The number of nitrogens with zero attached hydrogens (tertiary/aromatic N) is 1. The Labute approximate surface area is 115 Å². The van der Waals surface area contributed by atoms with Crippen LogP contribution in [0, 0.1) is 0 Å². The van der Waals surface area contributed by atoms with Crippen molar-refractivity contribution in [3.05, 3.63) is 0 Å². The fourth-order valence-corrected chi connectivity index (χ4v) is 3.03. The molecule has 2 atom stereocenters. The van der Waals surface area contributed by atoms with Crippen LogP contribution in [0.3, 0.4) is 0 Å². The average Bonchev–Trinajstić information content (AvgIpc) is 2.86. The fraction of sp³-hybridized carbons (Fsp3) is 0.929. The lowest BCUT2D eigenvalue weighted by Crippen LogP contribution is -2.55. The number of hydrogen-bond donors (Lipinski definition) is 1. The van der Waals surface area contributed by atoms with Gasteiger partial charge >= 0.3 is 5.97 Å². The third kappa shape index (κ3) is 3.68. The molecule has 0 amide bonds. The summed E-state index contributed by atoms with van der Waals surface area (Å²) in [6.45, 7) is 3.56. The topological polar surface area (TPSA) is 50.8 Å². The first-order valence-corrected chi connectivity index (χ1v) is 7.30. The van der Waals surface area contributed by atoms with Crippen LogP contribution in [-0.4, -0.2) is 62.9 Å². The van der Waals surface area contributed by atoms with Gasteiger partial charge in [0.1, 0.15) is 5.54 Å². The van der Waals surface area contributed by atoms with Crippen LogP contribution in [-0.2, 0) is 14.3 Å². The van der Waals surface area contributed by atoms with Crippen LogP contribution >= 0.6 is 0 Å². The van der Waals surface area contributed by atoms with Gasteiger partial charge in [-0.15, -0.1) is 0 Å². The quantitative estimate of drug-likeness (QED) is 0.765. The van der Waals surface area contributed by atoms with Crippen molar-refractivity contribution in [2.24, 2.45) is 0 Å². The van der Waals surface area contributed by atoms with E-state index in [-0.39, 0.29) is 12.1 Å². The van der Waals surface area contributed by atoms with Crippen molar-refractivity contribution in [1.82, 2.24) is 10.2 Å². The number of hydrogen-bond acceptors (Lipinski definition) is 5. The molecule has 0 saturated carbocycles. The van der Waals surface area contributed by atoms with E-state index in [1.54, 1.807) is 0 Å². The van der Waals surface area contributed by atoms with Crippen LogP contribution in [0.4, 0.5) is 0 Å². The van der Waals surface area contributed by atoms with Gasteiger partial charge in [0.25, 0.3) is 0 Å². The molecule has 2 saturated heterocycles. The highest BCUT2D eigenvalue weighted by molar-refractivity contribution is 5.80. The summed E-state index contributed by atoms with van der Waals surface area (Å²) in [6.07, 6.45) is 5.14. The second-order valence-corrected chi connectivity index (χ2v) is 5.75. The maximum absolute atomic E-state index is 12.2. The molecule has 0 aromatic heterocycles. The van der Waals surface area contributed by atoms with Crippen molar-refractivity contribution < 1.29 is 14.3 Å². The molecule has 0 aliphatic carbocycles. The number of methoxy groups -OCH3 is 1. The van der Waals surface area contributed by atoms with Crippen molar-refractivity contribution in [2.45, 2.75) is 43.7 Å². The van der Waals surface area contributed by atoms with Gasteiger partial charge in [-0.3, -0.25) is 10.1 Å². The van der Waals surface area contributed by atoms with E-state index >= 15 is 0 Å². The summed E-state index contributed by atoms with van der Waals surface area (Å²) >= 11 is 0. The van der Waals surface area contributed by atoms with Crippen molar-refractivity contribution in [1.29, 1.82) is 0 Å². The molecule has 110 valence electrons. The molecular formula is C14H26N2O3. The molecule has 2 heterocycles. The first-order chi connectivity index (χ1) is 9.16. The van der Waals surface area contributed by atoms with Crippen LogP contribution in [0.5, 0.6) is 0 Å². The fourth-order valence-electron chi connectivity index (χ4n) is 3.03. The van der Waals surface area contributed by atoms with Crippen LogP contribution in [0.25, 0.3) is 0 Å². The molecule has 5 nitrogen and oxygen atoms in total. The van der Waals surface area contributed by atoms with Crippen molar-refractivity contribution >= 4 is 5.97 Å². The van der Waals surface area contributed by atoms with Crippen LogP contribution in [0.2, 0.25) is 0 Å². The summed E-state index contributed by atoms with van der Waals surface area (Å²) in [6, 6.07) is 0. The zero-order valence-corrected chi connectivity index (χ0v) is 12.1. The Balaban J connectivity index is 1.98. The van der Waals surface area contributed by atoms with Crippen LogP contribution in [0.15, 0.2) is 0 Å². The molecule has 19 heavy (non-hydrogen) atoms. The third-order valence-corrected chi connectivity index (χ3v) is 4.33. The average molecular weight is 270 g/mol. The molecule has 0 radical (unpaired) electrons. The molecule has 2 rings (SSSR count). The van der Waals surface area contributed by atoms with Crippen molar-refractivity contribution in [3.8, 4) is 0 Å². The van der Waals surface area contributed by atoms with Gasteiger partial charge in [-0.05, 0) is 45.7 Å². The molecule has 2 aliphatic rings. The molecule has 5 heteroatoms. The third-order valence-electron chi connectivity index (χ3n) is 4.33. The summed E-state index contributed by atoms with van der Waals surface area (Å²) in [5, 5.41) is 3.46. The smallest absolute Gasteiger partial charge is 0.326 e.